The lowest BCUT2D eigenvalue weighted by atomic mass is 9.97. The maximum Gasteiger partial charge on any atom is 0.276 e. The van der Waals surface area contributed by atoms with Crippen molar-refractivity contribution in [3.05, 3.63) is 17.8 Å². The molecular weight excluding hydrogens is 268 g/mol. The molecule has 1 aromatic rings. The molecule has 2 fully saturated rings. The second-order valence-electron chi connectivity index (χ2n) is 6.12. The van der Waals surface area contributed by atoms with Crippen LogP contribution in [0.3, 0.4) is 0 Å². The molecule has 0 spiro atoms. The van der Waals surface area contributed by atoms with E-state index in [-0.39, 0.29) is 5.91 Å². The van der Waals surface area contributed by atoms with Crippen LogP contribution < -0.4 is 0 Å². The molecule has 3 rings (SSSR count). The van der Waals surface area contributed by atoms with E-state index >= 15 is 0 Å². The van der Waals surface area contributed by atoms with E-state index in [0.29, 0.717) is 17.7 Å². The Morgan fingerprint density at radius 3 is 3.05 bits per heavy atom. The molecule has 1 saturated carbocycles. The fraction of sp³-hybridized carbons (Fsp3) is 0.750. The summed E-state index contributed by atoms with van der Waals surface area (Å²) in [5, 5.41) is 0. The third-order valence-electron chi connectivity index (χ3n) is 4.52. The number of carbonyl (C=O) groups is 1. The Bertz CT molecular complexity index is 482. The van der Waals surface area contributed by atoms with Crippen molar-refractivity contribution < 1.29 is 13.9 Å². The highest BCUT2D eigenvalue weighted by Crippen LogP contribution is 2.42. The van der Waals surface area contributed by atoms with Gasteiger partial charge in [0.1, 0.15) is 5.76 Å². The van der Waals surface area contributed by atoms with Gasteiger partial charge in [-0.3, -0.25) is 4.79 Å². The molecule has 5 nitrogen and oxygen atoms in total. The molecule has 5 heteroatoms. The van der Waals surface area contributed by atoms with Gasteiger partial charge in [0.05, 0.1) is 0 Å². The van der Waals surface area contributed by atoms with Crippen LogP contribution in [0.5, 0.6) is 0 Å². The van der Waals surface area contributed by atoms with Gasteiger partial charge >= 0.3 is 0 Å². The second kappa shape index (κ2) is 6.60. The fourth-order valence-corrected chi connectivity index (χ4v) is 3.22. The van der Waals surface area contributed by atoms with Gasteiger partial charge in [0.2, 0.25) is 0 Å². The smallest absolute Gasteiger partial charge is 0.276 e. The van der Waals surface area contributed by atoms with Crippen LogP contribution in [0.1, 0.15) is 67.1 Å². The fourth-order valence-electron chi connectivity index (χ4n) is 3.22. The molecule has 1 aliphatic heterocycles. The number of oxazole rings is 1. The minimum atomic E-state index is 0.0627. The summed E-state index contributed by atoms with van der Waals surface area (Å²) in [7, 11) is 1.72. The number of rotatable bonds is 6. The summed E-state index contributed by atoms with van der Waals surface area (Å²) in [6, 6.07) is 0.324. The predicted molar refractivity (Wildman–Crippen MR) is 78.3 cm³/mol. The molecule has 0 aromatic carbocycles. The van der Waals surface area contributed by atoms with Crippen molar-refractivity contribution in [2.24, 2.45) is 0 Å². The number of likely N-dealkylation sites (tertiary alicyclic amines) is 1. The minimum Gasteiger partial charge on any atom is -0.447 e. The Hall–Kier alpha value is -1.36. The summed E-state index contributed by atoms with van der Waals surface area (Å²) in [6.45, 7) is 1.60. The van der Waals surface area contributed by atoms with Crippen LogP contribution in [0.2, 0.25) is 0 Å². The molecular formula is C16H24N2O3. The average molecular weight is 292 g/mol. The molecule has 1 unspecified atom stereocenters. The molecule has 0 bridgehead atoms. The maximum atomic E-state index is 12.8. The highest BCUT2D eigenvalue weighted by Gasteiger charge is 2.36. The van der Waals surface area contributed by atoms with Gasteiger partial charge in [-0.25, -0.2) is 4.98 Å². The molecule has 1 aromatic heterocycles. The molecule has 1 saturated heterocycles. The Balaban J connectivity index is 1.69. The van der Waals surface area contributed by atoms with Gasteiger partial charge < -0.3 is 14.1 Å². The van der Waals surface area contributed by atoms with Gasteiger partial charge in [-0.05, 0) is 44.9 Å². The van der Waals surface area contributed by atoms with Crippen molar-refractivity contribution in [3.8, 4) is 0 Å². The van der Waals surface area contributed by atoms with Crippen molar-refractivity contribution in [1.29, 1.82) is 0 Å². The van der Waals surface area contributed by atoms with Crippen LogP contribution in [-0.2, 0) is 4.74 Å². The van der Waals surface area contributed by atoms with E-state index in [1.165, 1.54) is 12.8 Å². The van der Waals surface area contributed by atoms with E-state index < -0.39 is 0 Å². The zero-order valence-corrected chi connectivity index (χ0v) is 12.7. The van der Waals surface area contributed by atoms with Gasteiger partial charge in [-0.2, -0.15) is 0 Å². The normalized spacial score (nSPS) is 22.5. The first kappa shape index (κ1) is 14.6. The Morgan fingerprint density at radius 2 is 2.29 bits per heavy atom. The van der Waals surface area contributed by atoms with Gasteiger partial charge in [0.15, 0.2) is 12.1 Å². The summed E-state index contributed by atoms with van der Waals surface area (Å²) in [6.07, 6.45) is 9.05. The lowest BCUT2D eigenvalue weighted by Gasteiger charge is -2.35. The number of aromatic nitrogens is 1. The number of amides is 1. The number of methoxy groups -OCH3 is 1. The van der Waals surface area contributed by atoms with Crippen LogP contribution in [0.25, 0.3) is 0 Å². The van der Waals surface area contributed by atoms with Gasteiger partial charge in [0.25, 0.3) is 5.91 Å². The lowest BCUT2D eigenvalue weighted by Crippen LogP contribution is -2.44. The Morgan fingerprint density at radius 1 is 1.43 bits per heavy atom. The summed E-state index contributed by atoms with van der Waals surface area (Å²) in [5.41, 5.74) is 0.552. The van der Waals surface area contributed by atoms with E-state index in [1.807, 2.05) is 4.90 Å². The van der Waals surface area contributed by atoms with Crippen molar-refractivity contribution in [3.63, 3.8) is 0 Å². The first-order valence-corrected chi connectivity index (χ1v) is 8.04. The van der Waals surface area contributed by atoms with Crippen molar-refractivity contribution in [2.75, 3.05) is 20.3 Å². The summed E-state index contributed by atoms with van der Waals surface area (Å²) in [4.78, 5) is 19.0. The first-order valence-electron chi connectivity index (χ1n) is 8.04. The van der Waals surface area contributed by atoms with E-state index in [0.717, 1.165) is 57.4 Å². The number of carbonyl (C=O) groups excluding carboxylic acids is 1. The molecule has 1 atom stereocenters. The number of piperidine rings is 1. The van der Waals surface area contributed by atoms with Gasteiger partial charge in [0, 0.05) is 32.2 Å². The van der Waals surface area contributed by atoms with Crippen LogP contribution in [0, 0.1) is 0 Å². The molecule has 21 heavy (non-hydrogen) atoms. The Labute approximate surface area is 125 Å². The molecule has 0 radical (unpaired) electrons. The van der Waals surface area contributed by atoms with E-state index in [4.69, 9.17) is 9.15 Å². The summed E-state index contributed by atoms with van der Waals surface area (Å²) in [5.74, 6) is 1.29. The van der Waals surface area contributed by atoms with Crippen molar-refractivity contribution in [1.82, 2.24) is 9.88 Å². The zero-order valence-electron chi connectivity index (χ0n) is 12.7. The highest BCUT2D eigenvalue weighted by atomic mass is 16.5. The summed E-state index contributed by atoms with van der Waals surface area (Å²) < 4.78 is 10.6. The topological polar surface area (TPSA) is 55.6 Å². The quantitative estimate of drug-likeness (QED) is 0.756. The van der Waals surface area contributed by atoms with Crippen molar-refractivity contribution in [2.45, 2.75) is 56.9 Å². The Kier molecular flexibility index (Phi) is 4.58. The molecule has 2 aliphatic rings. The summed E-state index contributed by atoms with van der Waals surface area (Å²) >= 11 is 0. The van der Waals surface area contributed by atoms with Crippen molar-refractivity contribution >= 4 is 5.91 Å². The number of nitrogens with zero attached hydrogens (tertiary/aromatic N) is 2. The van der Waals surface area contributed by atoms with E-state index in [1.54, 1.807) is 7.11 Å². The lowest BCUT2D eigenvalue weighted by molar-refractivity contribution is 0.0577. The van der Waals surface area contributed by atoms with Gasteiger partial charge in [-0.1, -0.05) is 0 Å². The van der Waals surface area contributed by atoms with Crippen LogP contribution in [-0.4, -0.2) is 42.1 Å². The minimum absolute atomic E-state index is 0.0627. The SMILES string of the molecule is COCCCC1CCCCN1C(=O)c1ncoc1C1CC1. The molecule has 0 N–H and O–H groups in total. The third-order valence-corrected chi connectivity index (χ3v) is 4.52. The zero-order chi connectivity index (χ0) is 14.7. The molecule has 1 amide bonds. The van der Waals surface area contributed by atoms with Crippen LogP contribution in [0.4, 0.5) is 0 Å². The van der Waals surface area contributed by atoms with E-state index in [9.17, 15) is 4.79 Å². The number of hydrogen-bond acceptors (Lipinski definition) is 4. The van der Waals surface area contributed by atoms with Crippen LogP contribution in [0.15, 0.2) is 10.8 Å². The second-order valence-corrected chi connectivity index (χ2v) is 6.12. The predicted octanol–water partition coefficient (Wildman–Crippen LogP) is 2.97. The van der Waals surface area contributed by atoms with E-state index in [2.05, 4.69) is 4.98 Å². The average Bonchev–Trinajstić information content (AvgIpc) is 3.24. The maximum absolute atomic E-state index is 12.8. The first-order chi connectivity index (χ1) is 10.3. The monoisotopic (exact) mass is 292 g/mol. The number of hydrogen-bond donors (Lipinski definition) is 0. The third kappa shape index (κ3) is 3.28. The standard InChI is InChI=1S/C16H24N2O3/c1-20-10-4-6-13-5-2-3-9-18(13)16(19)14-15(12-7-8-12)21-11-17-14/h11-13H,2-10H2,1H3. The van der Waals surface area contributed by atoms with Crippen LogP contribution >= 0.6 is 0 Å². The largest absolute Gasteiger partial charge is 0.447 e. The molecule has 116 valence electrons. The number of ether oxygens (including phenoxy) is 1. The molecule has 1 aliphatic carbocycles. The van der Waals surface area contributed by atoms with Gasteiger partial charge in [-0.15, -0.1) is 0 Å². The molecule has 2 heterocycles. The highest BCUT2D eigenvalue weighted by molar-refractivity contribution is 5.93.